The fraction of sp³-hybridized carbons (Fsp3) is 0. The zero-order chi connectivity index (χ0) is 12.2. The largest absolute Gasteiger partial charge is 0.319 e. The van der Waals surface area contributed by atoms with Gasteiger partial charge in [0, 0.05) is 16.1 Å². The summed E-state index contributed by atoms with van der Waals surface area (Å²) in [7, 11) is 0. The van der Waals surface area contributed by atoms with Gasteiger partial charge in [0.2, 0.25) is 0 Å². The SMILES string of the molecule is O=c1[nH]c2c(Cl)sc(Cl)c2c(=O)c2cscc12. The molecule has 3 rings (SSSR count). The molecule has 0 saturated carbocycles. The van der Waals surface area contributed by atoms with Crippen molar-refractivity contribution in [1.29, 1.82) is 0 Å². The number of aromatic amines is 1. The fourth-order valence-corrected chi connectivity index (χ4v) is 4.08. The van der Waals surface area contributed by atoms with Crippen molar-refractivity contribution >= 4 is 67.6 Å². The van der Waals surface area contributed by atoms with E-state index in [1.54, 1.807) is 10.8 Å². The van der Waals surface area contributed by atoms with Crippen LogP contribution in [-0.4, -0.2) is 4.98 Å². The van der Waals surface area contributed by atoms with Gasteiger partial charge in [0.1, 0.15) is 8.67 Å². The van der Waals surface area contributed by atoms with E-state index in [9.17, 15) is 9.59 Å². The van der Waals surface area contributed by atoms with Gasteiger partial charge < -0.3 is 4.98 Å². The molecule has 3 nitrogen and oxygen atoms in total. The number of thiophene rings is 2. The lowest BCUT2D eigenvalue weighted by molar-refractivity contribution is 1.37. The molecule has 0 fully saturated rings. The van der Waals surface area contributed by atoms with E-state index < -0.39 is 0 Å². The highest BCUT2D eigenvalue weighted by Crippen LogP contribution is 2.35. The molecule has 0 radical (unpaired) electrons. The number of H-pyrrole nitrogens is 1. The van der Waals surface area contributed by atoms with Gasteiger partial charge in [-0.3, -0.25) is 9.59 Å². The predicted octanol–water partition coefficient (Wildman–Crippen LogP) is 3.47. The van der Waals surface area contributed by atoms with Crippen molar-refractivity contribution in [2.75, 3.05) is 0 Å². The van der Waals surface area contributed by atoms with Crippen molar-refractivity contribution in [1.82, 2.24) is 4.98 Å². The average molecular weight is 304 g/mol. The van der Waals surface area contributed by atoms with E-state index in [0.29, 0.717) is 25.0 Å². The first kappa shape index (κ1) is 11.2. The summed E-state index contributed by atoms with van der Waals surface area (Å²) >= 11 is 14.3. The first-order valence-corrected chi connectivity index (χ1v) is 7.01. The summed E-state index contributed by atoms with van der Waals surface area (Å²) in [5.41, 5.74) is -0.273. The molecule has 0 unspecified atom stereocenters. The van der Waals surface area contributed by atoms with Crippen LogP contribution in [0.1, 0.15) is 0 Å². The van der Waals surface area contributed by atoms with Crippen LogP contribution < -0.4 is 11.0 Å². The van der Waals surface area contributed by atoms with Crippen LogP contribution >= 0.6 is 45.9 Å². The van der Waals surface area contributed by atoms with Crippen molar-refractivity contribution in [2.24, 2.45) is 0 Å². The first-order chi connectivity index (χ1) is 8.09. The second-order valence-electron chi connectivity index (χ2n) is 3.38. The molecule has 0 aliphatic carbocycles. The van der Waals surface area contributed by atoms with Gasteiger partial charge in [-0.2, -0.15) is 11.3 Å². The Morgan fingerprint density at radius 2 is 1.76 bits per heavy atom. The lowest BCUT2D eigenvalue weighted by Gasteiger charge is -1.81. The molecule has 0 atom stereocenters. The van der Waals surface area contributed by atoms with Gasteiger partial charge >= 0.3 is 0 Å². The van der Waals surface area contributed by atoms with Gasteiger partial charge in [0.15, 0.2) is 5.43 Å². The third-order valence-corrected chi connectivity index (χ3v) is 4.79. The van der Waals surface area contributed by atoms with Crippen LogP contribution in [0.2, 0.25) is 8.67 Å². The molecule has 0 saturated heterocycles. The fourth-order valence-electron chi connectivity index (χ4n) is 1.66. The van der Waals surface area contributed by atoms with Crippen molar-refractivity contribution in [3.8, 4) is 0 Å². The number of fused-ring (bicyclic) bond motifs is 2. The summed E-state index contributed by atoms with van der Waals surface area (Å²) in [6, 6.07) is 0. The lowest BCUT2D eigenvalue weighted by atomic mass is 10.2. The van der Waals surface area contributed by atoms with E-state index in [2.05, 4.69) is 4.98 Å². The Kier molecular flexibility index (Phi) is 2.52. The highest BCUT2D eigenvalue weighted by Gasteiger charge is 2.14. The number of nitrogens with one attached hydrogen (secondary N) is 1. The second-order valence-corrected chi connectivity index (χ2v) is 6.35. The predicted molar refractivity (Wildman–Crippen MR) is 74.1 cm³/mol. The molecule has 3 heterocycles. The third-order valence-electron chi connectivity index (χ3n) is 2.44. The zero-order valence-electron chi connectivity index (χ0n) is 8.04. The summed E-state index contributed by atoms with van der Waals surface area (Å²) in [5, 5.41) is 4.32. The Bertz CT molecular complexity index is 862. The van der Waals surface area contributed by atoms with E-state index in [4.69, 9.17) is 23.2 Å². The maximum atomic E-state index is 12.2. The summed E-state index contributed by atoms with van der Waals surface area (Å²) in [6.07, 6.45) is 0. The summed E-state index contributed by atoms with van der Waals surface area (Å²) < 4.78 is 0.620. The molecule has 1 N–H and O–H groups in total. The minimum atomic E-state index is -0.329. The van der Waals surface area contributed by atoms with Crippen LogP contribution in [0, 0.1) is 0 Å². The summed E-state index contributed by atoms with van der Waals surface area (Å²) in [6.45, 7) is 0. The van der Waals surface area contributed by atoms with Crippen molar-refractivity contribution < 1.29 is 0 Å². The van der Waals surface area contributed by atoms with Crippen LogP contribution in [0.4, 0.5) is 0 Å². The molecule has 86 valence electrons. The second kappa shape index (κ2) is 3.81. The Balaban J connectivity index is 2.82. The standard InChI is InChI=1S/C10H3Cl2NO2S2/c11-8-5-6(9(12)17-8)13-10(15)4-2-16-1-3(4)7(5)14/h1-2H,(H,13,15). The van der Waals surface area contributed by atoms with E-state index >= 15 is 0 Å². The average Bonchev–Trinajstić information content (AvgIpc) is 2.81. The Hall–Kier alpha value is -0.880. The lowest BCUT2D eigenvalue weighted by Crippen LogP contribution is -2.01. The topological polar surface area (TPSA) is 49.9 Å². The zero-order valence-corrected chi connectivity index (χ0v) is 11.2. The first-order valence-electron chi connectivity index (χ1n) is 4.49. The molecule has 3 aromatic rings. The smallest absolute Gasteiger partial charge is 0.257 e. The Morgan fingerprint density at radius 1 is 1.06 bits per heavy atom. The molecular weight excluding hydrogens is 301 g/mol. The quantitative estimate of drug-likeness (QED) is 0.691. The van der Waals surface area contributed by atoms with Crippen molar-refractivity contribution in [3.63, 3.8) is 0 Å². The monoisotopic (exact) mass is 303 g/mol. The van der Waals surface area contributed by atoms with Crippen molar-refractivity contribution in [2.45, 2.75) is 0 Å². The number of hydrogen-bond acceptors (Lipinski definition) is 4. The van der Waals surface area contributed by atoms with Crippen LogP contribution in [0.25, 0.3) is 21.7 Å². The third kappa shape index (κ3) is 1.54. The number of rotatable bonds is 0. The minimum absolute atomic E-state index is 0.261. The van der Waals surface area contributed by atoms with Crippen LogP contribution in [0.5, 0.6) is 0 Å². The highest BCUT2D eigenvalue weighted by molar-refractivity contribution is 7.21. The molecule has 17 heavy (non-hydrogen) atoms. The summed E-state index contributed by atoms with van der Waals surface area (Å²) in [5.74, 6) is 0. The number of hydrogen-bond donors (Lipinski definition) is 1. The maximum Gasteiger partial charge on any atom is 0.257 e. The molecule has 0 spiro atoms. The highest BCUT2D eigenvalue weighted by atomic mass is 35.5. The Morgan fingerprint density at radius 3 is 2.53 bits per heavy atom. The minimum Gasteiger partial charge on any atom is -0.319 e. The van der Waals surface area contributed by atoms with E-state index in [1.807, 2.05) is 0 Å². The van der Waals surface area contributed by atoms with Gasteiger partial charge in [-0.15, -0.1) is 11.3 Å². The van der Waals surface area contributed by atoms with E-state index in [-0.39, 0.29) is 16.4 Å². The number of aromatic nitrogens is 1. The molecule has 7 heteroatoms. The van der Waals surface area contributed by atoms with Gasteiger partial charge in [-0.25, -0.2) is 0 Å². The molecule has 0 aromatic carbocycles. The van der Waals surface area contributed by atoms with E-state index in [0.717, 1.165) is 11.3 Å². The molecule has 0 amide bonds. The van der Waals surface area contributed by atoms with Gasteiger partial charge in [0.05, 0.1) is 16.3 Å². The van der Waals surface area contributed by atoms with Gasteiger partial charge in [-0.1, -0.05) is 23.2 Å². The van der Waals surface area contributed by atoms with Gasteiger partial charge in [-0.05, 0) is 0 Å². The Labute approximate surface area is 112 Å². The van der Waals surface area contributed by atoms with Crippen LogP contribution in [0.3, 0.4) is 0 Å². The van der Waals surface area contributed by atoms with E-state index in [1.165, 1.54) is 11.3 Å². The maximum absolute atomic E-state index is 12.2. The number of halogens is 2. The summed E-state index contributed by atoms with van der Waals surface area (Å²) in [4.78, 5) is 26.8. The normalized spacial score (nSPS) is 11.4. The molecule has 0 bridgehead atoms. The van der Waals surface area contributed by atoms with Crippen molar-refractivity contribution in [3.05, 3.63) is 40.0 Å². The molecular formula is C10H3Cl2NO2S2. The van der Waals surface area contributed by atoms with Crippen LogP contribution in [0.15, 0.2) is 20.3 Å². The van der Waals surface area contributed by atoms with Gasteiger partial charge in [0.25, 0.3) is 5.56 Å². The molecule has 3 aromatic heterocycles. The molecule has 0 aliphatic rings. The molecule has 0 aliphatic heterocycles. The van der Waals surface area contributed by atoms with Crippen LogP contribution in [-0.2, 0) is 0 Å².